The average Bonchev–Trinajstić information content (AvgIpc) is 2.59. The summed E-state index contributed by atoms with van der Waals surface area (Å²) in [4.78, 5) is 12.2. The van der Waals surface area contributed by atoms with Gasteiger partial charge in [-0.1, -0.05) is 31.5 Å². The summed E-state index contributed by atoms with van der Waals surface area (Å²) in [6.07, 6.45) is 4.08. The van der Waals surface area contributed by atoms with Crippen molar-refractivity contribution in [1.29, 1.82) is 5.41 Å². The minimum Gasteiger partial charge on any atom is -0.462 e. The number of anilines is 1. The van der Waals surface area contributed by atoms with Gasteiger partial charge in [-0.15, -0.1) is 0 Å². The van der Waals surface area contributed by atoms with Gasteiger partial charge in [-0.2, -0.15) is 0 Å². The summed E-state index contributed by atoms with van der Waals surface area (Å²) in [6, 6.07) is 7.97. The van der Waals surface area contributed by atoms with Gasteiger partial charge in [0.25, 0.3) is 0 Å². The number of nitrogens with one attached hydrogen (secondary N) is 1. The maximum Gasteiger partial charge on any atom is 0.338 e. The third-order valence-electron chi connectivity index (χ3n) is 3.99. The molecule has 2 aromatic carbocycles. The Kier molecular flexibility index (Phi) is 6.28. The zero-order valence-electron chi connectivity index (χ0n) is 14.6. The van der Waals surface area contributed by atoms with Crippen molar-refractivity contribution < 1.29 is 13.9 Å². The van der Waals surface area contributed by atoms with Crippen molar-refractivity contribution in [2.45, 2.75) is 33.1 Å². The number of aryl methyl sites for hydroxylation is 1. The summed E-state index contributed by atoms with van der Waals surface area (Å²) < 4.78 is 19.7. The van der Waals surface area contributed by atoms with E-state index in [4.69, 9.17) is 15.9 Å². The normalized spacial score (nSPS) is 10.5. The van der Waals surface area contributed by atoms with Gasteiger partial charge in [0.2, 0.25) is 0 Å². The number of esters is 1. The molecule has 0 radical (unpaired) electrons. The van der Waals surface area contributed by atoms with E-state index in [1.807, 2.05) is 6.07 Å². The number of ether oxygens (including phenoxy) is 1. The third-order valence-corrected chi connectivity index (χ3v) is 3.99. The van der Waals surface area contributed by atoms with Crippen LogP contribution < -0.4 is 5.73 Å². The number of carbonyl (C=O) groups excluding carboxylic acids is 1. The molecule has 0 saturated carbocycles. The van der Waals surface area contributed by atoms with Gasteiger partial charge >= 0.3 is 5.97 Å². The van der Waals surface area contributed by atoms with Crippen LogP contribution in [0.4, 0.5) is 10.1 Å². The zero-order valence-corrected chi connectivity index (χ0v) is 14.6. The smallest absolute Gasteiger partial charge is 0.338 e. The van der Waals surface area contributed by atoms with Gasteiger partial charge in [0.05, 0.1) is 12.2 Å². The third kappa shape index (κ3) is 4.24. The standard InChI is InChI=1S/C20H23FN2O2/c1-3-5-6-13-9-14(7-8-15(13)12-22)19-17(20(24)25-4-2)10-16(23)11-18(19)21/h7-12,22H,3-6,23H2,1-2H3. The van der Waals surface area contributed by atoms with E-state index in [-0.39, 0.29) is 23.4 Å². The van der Waals surface area contributed by atoms with Crippen LogP contribution in [0.1, 0.15) is 48.2 Å². The van der Waals surface area contributed by atoms with Crippen molar-refractivity contribution in [2.75, 3.05) is 12.3 Å². The van der Waals surface area contributed by atoms with E-state index in [1.54, 1.807) is 19.1 Å². The second-order valence-corrected chi connectivity index (χ2v) is 5.81. The fraction of sp³-hybridized carbons (Fsp3) is 0.300. The molecule has 2 rings (SSSR count). The molecule has 0 aliphatic heterocycles. The Morgan fingerprint density at radius 3 is 2.68 bits per heavy atom. The van der Waals surface area contributed by atoms with Crippen LogP contribution in [0.15, 0.2) is 30.3 Å². The Balaban J connectivity index is 2.61. The minimum atomic E-state index is -0.602. The molecule has 0 heterocycles. The topological polar surface area (TPSA) is 76.2 Å². The van der Waals surface area contributed by atoms with E-state index in [0.717, 1.165) is 30.4 Å². The maximum atomic E-state index is 14.6. The SMILES string of the molecule is CCCCc1cc(-c2c(F)cc(N)cc2C(=O)OCC)ccc1C=N. The lowest BCUT2D eigenvalue weighted by Gasteiger charge is -2.14. The highest BCUT2D eigenvalue weighted by atomic mass is 19.1. The molecule has 0 aromatic heterocycles. The van der Waals surface area contributed by atoms with E-state index in [0.29, 0.717) is 5.56 Å². The Morgan fingerprint density at radius 1 is 1.28 bits per heavy atom. The average molecular weight is 342 g/mol. The molecule has 132 valence electrons. The highest BCUT2D eigenvalue weighted by Crippen LogP contribution is 2.31. The highest BCUT2D eigenvalue weighted by molar-refractivity contribution is 5.99. The van der Waals surface area contributed by atoms with Gasteiger partial charge in [-0.3, -0.25) is 0 Å². The van der Waals surface area contributed by atoms with Crippen molar-refractivity contribution in [3.8, 4) is 11.1 Å². The summed E-state index contributed by atoms with van der Waals surface area (Å²) in [6.45, 7) is 3.98. The lowest BCUT2D eigenvalue weighted by molar-refractivity contribution is 0.0527. The summed E-state index contributed by atoms with van der Waals surface area (Å²) in [5, 5.41) is 7.54. The van der Waals surface area contributed by atoms with Crippen LogP contribution in [-0.4, -0.2) is 18.8 Å². The van der Waals surface area contributed by atoms with Crippen LogP contribution in [0.2, 0.25) is 0 Å². The maximum absolute atomic E-state index is 14.6. The lowest BCUT2D eigenvalue weighted by atomic mass is 9.93. The molecule has 5 heteroatoms. The Hall–Kier alpha value is -2.69. The molecule has 0 aliphatic carbocycles. The molecule has 0 saturated heterocycles. The van der Waals surface area contributed by atoms with Crippen molar-refractivity contribution in [2.24, 2.45) is 0 Å². The summed E-state index contributed by atoms with van der Waals surface area (Å²) in [7, 11) is 0. The monoisotopic (exact) mass is 342 g/mol. The van der Waals surface area contributed by atoms with Crippen LogP contribution in [0.3, 0.4) is 0 Å². The number of benzene rings is 2. The van der Waals surface area contributed by atoms with Crippen molar-refractivity contribution in [1.82, 2.24) is 0 Å². The Morgan fingerprint density at radius 2 is 2.04 bits per heavy atom. The molecule has 0 spiro atoms. The second-order valence-electron chi connectivity index (χ2n) is 5.81. The van der Waals surface area contributed by atoms with Crippen LogP contribution in [0.25, 0.3) is 11.1 Å². The Labute approximate surface area is 147 Å². The van der Waals surface area contributed by atoms with Crippen molar-refractivity contribution in [3.05, 3.63) is 52.8 Å². The van der Waals surface area contributed by atoms with Gasteiger partial charge in [0, 0.05) is 17.5 Å². The Bertz CT molecular complexity index is 788. The molecule has 0 bridgehead atoms. The molecule has 0 unspecified atom stereocenters. The van der Waals surface area contributed by atoms with Crippen LogP contribution in [-0.2, 0) is 11.2 Å². The molecule has 0 fully saturated rings. The van der Waals surface area contributed by atoms with Gasteiger partial charge in [0.15, 0.2) is 0 Å². The summed E-state index contributed by atoms with van der Waals surface area (Å²) in [5.74, 6) is -1.16. The molecule has 2 aromatic rings. The highest BCUT2D eigenvalue weighted by Gasteiger charge is 2.20. The molecular formula is C20H23FN2O2. The van der Waals surface area contributed by atoms with Crippen molar-refractivity contribution >= 4 is 17.9 Å². The number of hydrogen-bond donors (Lipinski definition) is 2. The molecule has 0 atom stereocenters. The molecule has 25 heavy (non-hydrogen) atoms. The van der Waals surface area contributed by atoms with Crippen LogP contribution in [0, 0.1) is 11.2 Å². The summed E-state index contributed by atoms with van der Waals surface area (Å²) >= 11 is 0. The van der Waals surface area contributed by atoms with Gasteiger partial charge < -0.3 is 15.9 Å². The fourth-order valence-corrected chi connectivity index (χ4v) is 2.78. The largest absolute Gasteiger partial charge is 0.462 e. The van der Waals surface area contributed by atoms with Gasteiger partial charge in [0.1, 0.15) is 5.82 Å². The molecule has 0 aliphatic rings. The number of carbonyl (C=O) groups is 1. The number of rotatable bonds is 7. The van der Waals surface area contributed by atoms with Gasteiger partial charge in [-0.25, -0.2) is 9.18 Å². The summed E-state index contributed by atoms with van der Waals surface area (Å²) in [5.41, 5.74) is 8.51. The number of nitrogens with two attached hydrogens (primary N) is 1. The first kappa shape index (κ1) is 18.6. The van der Waals surface area contributed by atoms with E-state index in [2.05, 4.69) is 6.92 Å². The number of nitrogen functional groups attached to an aromatic ring is 1. The first-order valence-corrected chi connectivity index (χ1v) is 8.41. The van der Waals surface area contributed by atoms with E-state index >= 15 is 0 Å². The zero-order chi connectivity index (χ0) is 18.4. The molecule has 0 amide bonds. The van der Waals surface area contributed by atoms with Gasteiger partial charge in [-0.05, 0) is 48.6 Å². The quantitative estimate of drug-likeness (QED) is 0.439. The molecule has 3 N–H and O–H groups in total. The number of halogens is 1. The predicted octanol–water partition coefficient (Wildman–Crippen LogP) is 4.59. The lowest BCUT2D eigenvalue weighted by Crippen LogP contribution is -2.09. The van der Waals surface area contributed by atoms with Crippen LogP contribution >= 0.6 is 0 Å². The first-order valence-electron chi connectivity index (χ1n) is 8.41. The van der Waals surface area contributed by atoms with Crippen molar-refractivity contribution in [3.63, 3.8) is 0 Å². The molecular weight excluding hydrogens is 319 g/mol. The number of unbranched alkanes of at least 4 members (excludes halogenated alkanes) is 1. The first-order chi connectivity index (χ1) is 12.0. The number of hydrogen-bond acceptors (Lipinski definition) is 4. The van der Waals surface area contributed by atoms with E-state index in [1.165, 1.54) is 18.3 Å². The minimum absolute atomic E-state index is 0.114. The van der Waals surface area contributed by atoms with Crippen LogP contribution in [0.5, 0.6) is 0 Å². The van der Waals surface area contributed by atoms with E-state index in [9.17, 15) is 9.18 Å². The fourth-order valence-electron chi connectivity index (χ4n) is 2.78. The predicted molar refractivity (Wildman–Crippen MR) is 98.7 cm³/mol. The second kappa shape index (κ2) is 8.42. The molecule has 4 nitrogen and oxygen atoms in total. The van der Waals surface area contributed by atoms with E-state index < -0.39 is 11.8 Å².